The summed E-state index contributed by atoms with van der Waals surface area (Å²) < 4.78 is 27.3. The van der Waals surface area contributed by atoms with E-state index in [1.54, 1.807) is 24.5 Å². The highest BCUT2D eigenvalue weighted by Gasteiger charge is 2.50. The monoisotopic (exact) mass is 1060 g/mol. The summed E-state index contributed by atoms with van der Waals surface area (Å²) >= 11 is 1.71. The molecule has 2 saturated heterocycles. The highest BCUT2D eigenvalue weighted by Crippen LogP contribution is 2.51. The van der Waals surface area contributed by atoms with Gasteiger partial charge in [0, 0.05) is 36.7 Å². The Morgan fingerprint density at radius 3 is 1.51 bits per heavy atom. The van der Waals surface area contributed by atoms with Gasteiger partial charge in [0.2, 0.25) is 0 Å². The Balaban J connectivity index is 0.000000418. The Labute approximate surface area is 455 Å². The number of phosphoric ester groups is 1. The van der Waals surface area contributed by atoms with Gasteiger partial charge in [-0.1, -0.05) is 231 Å². The molecule has 10 nitrogen and oxygen atoms in total. The molecule has 2 aliphatic heterocycles. The summed E-state index contributed by atoms with van der Waals surface area (Å²) in [6.07, 6.45) is 33.8. The van der Waals surface area contributed by atoms with Gasteiger partial charge < -0.3 is 14.7 Å². The number of fused-ring (bicyclic) bond motifs is 1. The quantitative estimate of drug-likeness (QED) is 0.165. The highest BCUT2D eigenvalue weighted by molar-refractivity contribution is 7.47. The molecule has 5 aliphatic rings. The fraction of sp³-hybridized carbons (Fsp3) is 0.629. The van der Waals surface area contributed by atoms with Crippen molar-refractivity contribution in [3.05, 3.63) is 136 Å². The number of aliphatic hydroxyl groups excluding tert-OH is 1. The number of thiazole rings is 1. The topological polar surface area (TPSA) is 129 Å². The maximum Gasteiger partial charge on any atom is 0.472 e. The number of rotatable bonds is 5. The first-order chi connectivity index (χ1) is 35.7. The molecule has 0 amide bonds. The van der Waals surface area contributed by atoms with E-state index >= 15 is 0 Å². The summed E-state index contributed by atoms with van der Waals surface area (Å²) in [6, 6.07) is 24.8. The summed E-state index contributed by atoms with van der Waals surface area (Å²) in [5.74, 6) is 3.17. The largest absolute Gasteiger partial charge is 0.472 e. The predicted molar refractivity (Wildman–Crippen MR) is 314 cm³/mol. The van der Waals surface area contributed by atoms with Crippen molar-refractivity contribution in [2.45, 2.75) is 223 Å². The summed E-state index contributed by atoms with van der Waals surface area (Å²) in [6.45, 7) is 23.3. The van der Waals surface area contributed by atoms with E-state index in [2.05, 4.69) is 117 Å². The first-order valence-electron chi connectivity index (χ1n) is 28.5. The van der Waals surface area contributed by atoms with Crippen molar-refractivity contribution in [2.75, 3.05) is 6.61 Å². The molecule has 3 aromatic heterocycles. The molecular formula is C62H103N4O6PS. The first kappa shape index (κ1) is 68.5. The minimum absolute atomic E-state index is 0.0140. The summed E-state index contributed by atoms with van der Waals surface area (Å²) in [7, 11) is -2.03. The number of aromatic nitrogens is 4. The predicted octanol–water partition coefficient (Wildman–Crippen LogP) is 17.0. The van der Waals surface area contributed by atoms with E-state index in [0.29, 0.717) is 0 Å². The highest BCUT2D eigenvalue weighted by atomic mass is 32.1. The van der Waals surface area contributed by atoms with Gasteiger partial charge in [-0.2, -0.15) is 5.10 Å². The Kier molecular flexibility index (Phi) is 40.3. The smallest absolute Gasteiger partial charge is 0.388 e. The molecule has 3 saturated carbocycles. The van der Waals surface area contributed by atoms with Crippen LogP contribution in [0.2, 0.25) is 0 Å². The zero-order chi connectivity index (χ0) is 54.8. The lowest BCUT2D eigenvalue weighted by Crippen LogP contribution is -2.39. The minimum atomic E-state index is -3.96. The zero-order valence-corrected chi connectivity index (χ0v) is 50.0. The third kappa shape index (κ3) is 33.5. The number of ether oxygens (including phenoxy) is 1. The van der Waals surface area contributed by atoms with Crippen LogP contribution in [0.15, 0.2) is 109 Å². The van der Waals surface area contributed by atoms with Crippen LogP contribution < -0.4 is 0 Å². The van der Waals surface area contributed by atoms with Crippen LogP contribution in [0.25, 0.3) is 0 Å². The van der Waals surface area contributed by atoms with Crippen LogP contribution >= 0.6 is 19.2 Å². The maximum absolute atomic E-state index is 11.0. The Morgan fingerprint density at radius 1 is 0.662 bits per heavy atom. The van der Waals surface area contributed by atoms with Gasteiger partial charge in [-0.15, -0.1) is 11.3 Å². The molecule has 10 rings (SSSR count). The summed E-state index contributed by atoms with van der Waals surface area (Å²) in [5.41, 5.74) is 7.19. The molecule has 2 N–H and O–H groups in total. The van der Waals surface area contributed by atoms with Crippen molar-refractivity contribution in [3.63, 3.8) is 0 Å². The van der Waals surface area contributed by atoms with E-state index in [-0.39, 0.29) is 6.61 Å². The number of benzene rings is 2. The van der Waals surface area contributed by atoms with E-state index in [9.17, 15) is 9.67 Å². The van der Waals surface area contributed by atoms with Crippen LogP contribution in [0, 0.1) is 24.7 Å². The third-order valence-electron chi connectivity index (χ3n) is 13.4. The van der Waals surface area contributed by atoms with Gasteiger partial charge in [0.1, 0.15) is 18.3 Å². The maximum atomic E-state index is 11.0. The number of aliphatic hydroxyl groups is 1. The molecule has 2 unspecified atom stereocenters. The Bertz CT molecular complexity index is 1970. The van der Waals surface area contributed by atoms with Gasteiger partial charge >= 0.3 is 7.82 Å². The van der Waals surface area contributed by atoms with Gasteiger partial charge in [0.15, 0.2) is 0 Å². The van der Waals surface area contributed by atoms with Crippen LogP contribution in [-0.2, 0) is 51.1 Å². The number of hydrogen-bond acceptors (Lipinski definition) is 9. The normalized spacial score (nSPS) is 21.7. The molecule has 418 valence electrons. The number of nitrogens with zero attached hydrogens (tertiary/aromatic N) is 4. The second-order valence-corrected chi connectivity index (χ2v) is 22.0. The fourth-order valence-electron chi connectivity index (χ4n) is 8.50. The van der Waals surface area contributed by atoms with E-state index in [4.69, 9.17) is 14.2 Å². The number of aryl methyl sites for hydroxylation is 6. The number of hydrogen-bond donors (Lipinski definition) is 2. The number of pyridine rings is 1. The van der Waals surface area contributed by atoms with Crippen molar-refractivity contribution in [3.8, 4) is 0 Å². The lowest BCUT2D eigenvalue weighted by Gasteiger charge is -2.28. The zero-order valence-electron chi connectivity index (χ0n) is 48.2. The van der Waals surface area contributed by atoms with Crippen LogP contribution in [0.1, 0.15) is 193 Å². The van der Waals surface area contributed by atoms with Gasteiger partial charge in [0.05, 0.1) is 24.4 Å². The molecular weight excluding hydrogens is 960 g/mol. The molecule has 2 aromatic carbocycles. The molecule has 0 spiro atoms. The van der Waals surface area contributed by atoms with Gasteiger partial charge in [-0.25, -0.2) is 4.57 Å². The summed E-state index contributed by atoms with van der Waals surface area (Å²) in [4.78, 5) is 18.2. The Hall–Kier alpha value is -3.54. The molecule has 0 radical (unpaired) electrons. The second-order valence-electron chi connectivity index (χ2n) is 19.7. The van der Waals surface area contributed by atoms with Crippen LogP contribution in [0.4, 0.5) is 0 Å². The summed E-state index contributed by atoms with van der Waals surface area (Å²) in [5, 5.41) is 13.5. The SMILES string of the molecule is CC.CC1CCCC1.CC1CCCCC1.CCC1CCCCC1.CCc1ccccc1.CCc1cccnc1.CCc1cncs1.CCc1cnn(C)c1.C[C@@H]1O[C@@H]2COP(=O)(O)OC2[C@@H]1O.Cc1ccccc1. The minimum Gasteiger partial charge on any atom is -0.388 e. The van der Waals surface area contributed by atoms with Gasteiger partial charge in [-0.3, -0.25) is 23.7 Å². The molecule has 74 heavy (non-hydrogen) atoms. The van der Waals surface area contributed by atoms with E-state index < -0.39 is 32.2 Å². The second kappa shape index (κ2) is 43.5. The average Bonchev–Trinajstić information content (AvgIpc) is 4.30. The van der Waals surface area contributed by atoms with Crippen molar-refractivity contribution in [1.29, 1.82) is 0 Å². The van der Waals surface area contributed by atoms with Crippen molar-refractivity contribution >= 4 is 19.2 Å². The molecule has 5 atom stereocenters. The van der Waals surface area contributed by atoms with Crippen molar-refractivity contribution < 1.29 is 28.3 Å². The molecule has 5 fully saturated rings. The average molecular weight is 1060 g/mol. The van der Waals surface area contributed by atoms with E-state index in [1.165, 1.54) is 123 Å². The molecule has 3 aliphatic carbocycles. The Morgan fingerprint density at radius 2 is 1.19 bits per heavy atom. The van der Waals surface area contributed by atoms with E-state index in [1.807, 2.05) is 86.2 Å². The molecule has 5 heterocycles. The van der Waals surface area contributed by atoms with Crippen molar-refractivity contribution in [2.24, 2.45) is 24.8 Å². The lowest BCUT2D eigenvalue weighted by atomic mass is 9.88. The third-order valence-corrected chi connectivity index (χ3v) is 15.3. The molecule has 0 bridgehead atoms. The fourth-order valence-corrected chi connectivity index (χ4v) is 10.0. The van der Waals surface area contributed by atoms with E-state index in [0.717, 1.165) is 43.4 Å². The lowest BCUT2D eigenvalue weighted by molar-refractivity contribution is -0.0525. The van der Waals surface area contributed by atoms with Crippen LogP contribution in [0.3, 0.4) is 0 Å². The van der Waals surface area contributed by atoms with Crippen LogP contribution in [0.5, 0.6) is 0 Å². The first-order valence-corrected chi connectivity index (χ1v) is 30.9. The van der Waals surface area contributed by atoms with Gasteiger partial charge in [0.25, 0.3) is 0 Å². The van der Waals surface area contributed by atoms with Crippen LogP contribution in [-0.4, -0.2) is 60.8 Å². The molecule has 12 heteroatoms. The number of phosphoric acid groups is 1. The van der Waals surface area contributed by atoms with Crippen molar-refractivity contribution in [1.82, 2.24) is 19.7 Å². The standard InChI is InChI=1S/C8H16.C8H10.C7H9N.C7H14.C7H8.C6H10N2.C6H11O6P.C6H12.C5H7NS.C2H6/c2*1-2-8-6-4-3-5-7-8;1-2-7-4-3-5-8-6-7;2*1-7-5-3-2-4-6-7;1-3-6-4-7-8(2)5-6;1-3-5(7)6-4(11-3)2-10-13(8,9)12-6;1-6-4-2-3-5-6;1-2-5-3-6-4-7-5;1-2/h8H,2-7H2,1H3;3-7H,2H2,1H3;3-6H,2H2,1H3;7H,2-6H2,1H3;2-6H,1H3;4-5H,3H2,1-2H3;3-7H,2H2,1H3,(H,8,9);6H,2-5H2,1H3;3-4H,2H2,1H3;1-2H3/t;;;;;;3-,4+,5+,6?;;;/m......0.../s1. The molecule has 5 aromatic rings. The van der Waals surface area contributed by atoms with Gasteiger partial charge in [-0.05, 0) is 80.0 Å².